The average molecular weight is 321 g/mol. The monoisotopic (exact) mass is 321 g/mol. The van der Waals surface area contributed by atoms with E-state index >= 15 is 0 Å². The van der Waals surface area contributed by atoms with Gasteiger partial charge in [-0.3, -0.25) is 4.79 Å². The number of carbonyl (C=O) groups excluding carboxylic acids is 1. The third-order valence-electron chi connectivity index (χ3n) is 3.35. The van der Waals surface area contributed by atoms with E-state index in [4.69, 9.17) is 6.42 Å². The third kappa shape index (κ3) is 3.55. The lowest BCUT2D eigenvalue weighted by atomic mass is 10.1. The summed E-state index contributed by atoms with van der Waals surface area (Å²) >= 11 is 1.57. The highest BCUT2D eigenvalue weighted by atomic mass is 32.2. The van der Waals surface area contributed by atoms with Gasteiger partial charge >= 0.3 is 0 Å². The Balaban J connectivity index is 1.75. The Morgan fingerprint density at radius 2 is 2.00 bits per heavy atom. The SMILES string of the molecule is C#CCNC(=O)c1ccccc1CSc1nc2ccccc2[nH]1. The first-order chi connectivity index (χ1) is 11.3. The standard InChI is InChI=1S/C18H15N3OS/c1-2-11-19-17(22)14-8-4-3-7-13(14)12-23-18-20-15-9-5-6-10-16(15)21-18/h1,3-10H,11-12H2,(H,19,22)(H,20,21). The molecule has 0 fully saturated rings. The Bertz CT molecular complexity index is 846. The topological polar surface area (TPSA) is 57.8 Å². The van der Waals surface area contributed by atoms with Gasteiger partial charge in [0.05, 0.1) is 17.6 Å². The Morgan fingerprint density at radius 3 is 2.83 bits per heavy atom. The first-order valence-corrected chi connectivity index (χ1v) is 8.13. The van der Waals surface area contributed by atoms with E-state index in [1.807, 2.05) is 42.5 Å². The van der Waals surface area contributed by atoms with Crippen LogP contribution in [0.3, 0.4) is 0 Å². The normalized spacial score (nSPS) is 10.4. The van der Waals surface area contributed by atoms with E-state index in [1.165, 1.54) is 0 Å². The van der Waals surface area contributed by atoms with Gasteiger partial charge in [-0.1, -0.05) is 48.0 Å². The molecule has 4 nitrogen and oxygen atoms in total. The number of para-hydroxylation sites is 2. The molecule has 0 saturated heterocycles. The fourth-order valence-electron chi connectivity index (χ4n) is 2.24. The molecule has 1 amide bonds. The summed E-state index contributed by atoms with van der Waals surface area (Å²) in [4.78, 5) is 19.9. The average Bonchev–Trinajstić information content (AvgIpc) is 3.01. The number of nitrogens with one attached hydrogen (secondary N) is 2. The summed E-state index contributed by atoms with van der Waals surface area (Å²) in [5.41, 5.74) is 3.55. The second-order valence-electron chi connectivity index (χ2n) is 4.89. The minimum atomic E-state index is -0.149. The number of hydrogen-bond donors (Lipinski definition) is 2. The minimum Gasteiger partial charge on any atom is -0.341 e. The smallest absolute Gasteiger partial charge is 0.252 e. The molecule has 3 aromatic rings. The number of aromatic nitrogens is 2. The Morgan fingerprint density at radius 1 is 1.22 bits per heavy atom. The number of benzene rings is 2. The van der Waals surface area contributed by atoms with E-state index in [0.717, 1.165) is 21.8 Å². The molecule has 0 atom stereocenters. The molecule has 0 unspecified atom stereocenters. The molecule has 2 N–H and O–H groups in total. The second kappa shape index (κ2) is 7.03. The summed E-state index contributed by atoms with van der Waals surface area (Å²) in [6.45, 7) is 0.226. The van der Waals surface area contributed by atoms with Gasteiger partial charge in [0.25, 0.3) is 5.91 Å². The third-order valence-corrected chi connectivity index (χ3v) is 4.27. The summed E-state index contributed by atoms with van der Waals surface area (Å²) in [5.74, 6) is 2.91. The molecule has 1 aromatic heterocycles. The first-order valence-electron chi connectivity index (χ1n) is 7.15. The molecule has 0 aliphatic heterocycles. The lowest BCUT2D eigenvalue weighted by molar-refractivity contribution is 0.0958. The predicted molar refractivity (Wildman–Crippen MR) is 93.3 cm³/mol. The molecular formula is C18H15N3OS. The van der Waals surface area contributed by atoms with Crippen LogP contribution in [0.15, 0.2) is 53.7 Å². The summed E-state index contributed by atoms with van der Waals surface area (Å²) in [5, 5.41) is 3.54. The molecule has 114 valence electrons. The van der Waals surface area contributed by atoms with Crippen molar-refractivity contribution in [3.63, 3.8) is 0 Å². The fraction of sp³-hybridized carbons (Fsp3) is 0.111. The maximum atomic E-state index is 12.1. The molecule has 0 bridgehead atoms. The van der Waals surface area contributed by atoms with Gasteiger partial charge in [-0.2, -0.15) is 0 Å². The molecular weight excluding hydrogens is 306 g/mol. The van der Waals surface area contributed by atoms with E-state index in [9.17, 15) is 4.79 Å². The summed E-state index contributed by atoms with van der Waals surface area (Å²) in [6, 6.07) is 15.4. The van der Waals surface area contributed by atoms with Crippen LogP contribution >= 0.6 is 11.8 Å². The number of amides is 1. The second-order valence-corrected chi connectivity index (χ2v) is 5.86. The van der Waals surface area contributed by atoms with Gasteiger partial charge in [-0.15, -0.1) is 6.42 Å². The van der Waals surface area contributed by atoms with Crippen LogP contribution in [-0.2, 0) is 5.75 Å². The van der Waals surface area contributed by atoms with Gasteiger partial charge in [0.15, 0.2) is 5.16 Å². The van der Waals surface area contributed by atoms with E-state index in [-0.39, 0.29) is 12.5 Å². The Hall–Kier alpha value is -2.71. The highest BCUT2D eigenvalue weighted by molar-refractivity contribution is 7.98. The van der Waals surface area contributed by atoms with Crippen molar-refractivity contribution in [3.05, 3.63) is 59.7 Å². The van der Waals surface area contributed by atoms with Crippen molar-refractivity contribution in [2.75, 3.05) is 6.54 Å². The molecule has 5 heteroatoms. The summed E-state index contributed by atoms with van der Waals surface area (Å²) in [6.07, 6.45) is 5.18. The summed E-state index contributed by atoms with van der Waals surface area (Å²) < 4.78 is 0. The lowest BCUT2D eigenvalue weighted by Crippen LogP contribution is -2.24. The number of nitrogens with zero attached hydrogens (tertiary/aromatic N) is 1. The zero-order chi connectivity index (χ0) is 16.1. The fourth-order valence-corrected chi connectivity index (χ4v) is 3.13. The number of thioether (sulfide) groups is 1. The number of H-pyrrole nitrogens is 1. The highest BCUT2D eigenvalue weighted by Crippen LogP contribution is 2.24. The number of terminal acetylenes is 1. The Labute approximate surface area is 138 Å². The van der Waals surface area contributed by atoms with Crippen molar-refractivity contribution < 1.29 is 4.79 Å². The van der Waals surface area contributed by atoms with Crippen molar-refractivity contribution >= 4 is 28.7 Å². The molecule has 1 heterocycles. The van der Waals surface area contributed by atoms with Crippen LogP contribution in [0.1, 0.15) is 15.9 Å². The maximum absolute atomic E-state index is 12.1. The molecule has 2 aromatic carbocycles. The Kier molecular flexibility index (Phi) is 4.65. The predicted octanol–water partition coefficient (Wildman–Crippen LogP) is 3.22. The zero-order valence-electron chi connectivity index (χ0n) is 12.4. The maximum Gasteiger partial charge on any atom is 0.252 e. The van der Waals surface area contributed by atoms with E-state index in [0.29, 0.717) is 11.3 Å². The van der Waals surface area contributed by atoms with E-state index in [2.05, 4.69) is 21.2 Å². The lowest BCUT2D eigenvalue weighted by Gasteiger charge is -2.08. The van der Waals surface area contributed by atoms with Gasteiger partial charge in [-0.05, 0) is 23.8 Å². The quantitative estimate of drug-likeness (QED) is 0.560. The van der Waals surface area contributed by atoms with Crippen LogP contribution < -0.4 is 5.32 Å². The van der Waals surface area contributed by atoms with Crippen LogP contribution in [0.25, 0.3) is 11.0 Å². The van der Waals surface area contributed by atoms with Crippen molar-refractivity contribution in [2.45, 2.75) is 10.9 Å². The number of fused-ring (bicyclic) bond motifs is 1. The molecule has 0 aliphatic carbocycles. The van der Waals surface area contributed by atoms with Crippen molar-refractivity contribution in [1.29, 1.82) is 0 Å². The number of carbonyl (C=O) groups is 1. The first kappa shape index (κ1) is 15.2. The summed E-state index contributed by atoms with van der Waals surface area (Å²) in [7, 11) is 0. The highest BCUT2D eigenvalue weighted by Gasteiger charge is 2.11. The number of aromatic amines is 1. The van der Waals surface area contributed by atoms with Crippen molar-refractivity contribution in [1.82, 2.24) is 15.3 Å². The molecule has 0 saturated carbocycles. The van der Waals surface area contributed by atoms with Gasteiger partial charge < -0.3 is 10.3 Å². The van der Waals surface area contributed by atoms with E-state index < -0.39 is 0 Å². The van der Waals surface area contributed by atoms with Gasteiger partial charge in [0, 0.05) is 11.3 Å². The van der Waals surface area contributed by atoms with Gasteiger partial charge in [-0.25, -0.2) is 4.98 Å². The van der Waals surface area contributed by atoms with Crippen molar-refractivity contribution in [2.24, 2.45) is 0 Å². The molecule has 0 radical (unpaired) electrons. The molecule has 3 rings (SSSR count). The van der Waals surface area contributed by atoms with Gasteiger partial charge in [0.1, 0.15) is 0 Å². The largest absolute Gasteiger partial charge is 0.341 e. The molecule has 0 spiro atoms. The molecule has 23 heavy (non-hydrogen) atoms. The van der Waals surface area contributed by atoms with Gasteiger partial charge in [0.2, 0.25) is 0 Å². The van der Waals surface area contributed by atoms with Crippen LogP contribution in [0.5, 0.6) is 0 Å². The van der Waals surface area contributed by atoms with Crippen LogP contribution in [0, 0.1) is 12.3 Å². The number of imidazole rings is 1. The molecule has 0 aliphatic rings. The van der Waals surface area contributed by atoms with Crippen LogP contribution in [0.4, 0.5) is 0 Å². The number of hydrogen-bond acceptors (Lipinski definition) is 3. The van der Waals surface area contributed by atoms with Crippen molar-refractivity contribution in [3.8, 4) is 12.3 Å². The zero-order valence-corrected chi connectivity index (χ0v) is 13.2. The van der Waals surface area contributed by atoms with Crippen LogP contribution in [-0.4, -0.2) is 22.4 Å². The van der Waals surface area contributed by atoms with E-state index in [1.54, 1.807) is 17.8 Å². The number of rotatable bonds is 5. The van der Waals surface area contributed by atoms with Crippen LogP contribution in [0.2, 0.25) is 0 Å². The minimum absolute atomic E-state index is 0.149.